The number of furan rings is 1. The highest BCUT2D eigenvalue weighted by atomic mass is 32.2. The molecule has 0 unspecified atom stereocenters. The van der Waals surface area contributed by atoms with Crippen molar-refractivity contribution in [3.05, 3.63) is 17.9 Å². The third kappa shape index (κ3) is 4.09. The fourth-order valence-corrected chi connectivity index (χ4v) is 1.85. The summed E-state index contributed by atoms with van der Waals surface area (Å²) >= 11 is 1.47. The van der Waals surface area contributed by atoms with E-state index in [2.05, 4.69) is 6.07 Å². The Bertz CT molecular complexity index is 367. The standard InChI is InChI=1S/C10H11NO3S/c11-6-2-1-3-7-15-9-5-4-8(14-9)10(12)13/h4-5H,1-3,7H2,(H,12,13). The molecular weight excluding hydrogens is 214 g/mol. The fraction of sp³-hybridized carbons (Fsp3) is 0.400. The highest BCUT2D eigenvalue weighted by Gasteiger charge is 2.08. The van der Waals surface area contributed by atoms with Gasteiger partial charge in [-0.05, 0) is 25.0 Å². The molecule has 0 radical (unpaired) electrons. The number of nitriles is 1. The zero-order chi connectivity index (χ0) is 11.1. The average Bonchev–Trinajstić information content (AvgIpc) is 2.66. The van der Waals surface area contributed by atoms with Crippen molar-refractivity contribution in [3.63, 3.8) is 0 Å². The number of aromatic carboxylic acids is 1. The lowest BCUT2D eigenvalue weighted by molar-refractivity contribution is 0.0656. The highest BCUT2D eigenvalue weighted by Crippen LogP contribution is 2.22. The van der Waals surface area contributed by atoms with Crippen molar-refractivity contribution < 1.29 is 14.3 Å². The van der Waals surface area contributed by atoms with Crippen molar-refractivity contribution in [1.29, 1.82) is 5.26 Å². The number of rotatable bonds is 6. The van der Waals surface area contributed by atoms with Gasteiger partial charge in [0.1, 0.15) is 0 Å². The molecule has 0 spiro atoms. The van der Waals surface area contributed by atoms with Crippen molar-refractivity contribution in [2.75, 3.05) is 5.75 Å². The Balaban J connectivity index is 2.26. The van der Waals surface area contributed by atoms with E-state index in [4.69, 9.17) is 14.8 Å². The molecule has 0 saturated carbocycles. The molecule has 0 aromatic carbocycles. The van der Waals surface area contributed by atoms with E-state index in [1.807, 2.05) is 0 Å². The van der Waals surface area contributed by atoms with Crippen LogP contribution in [0.2, 0.25) is 0 Å². The molecule has 0 atom stereocenters. The molecule has 1 heterocycles. The predicted octanol–water partition coefficient (Wildman–Crippen LogP) is 2.76. The fourth-order valence-electron chi connectivity index (χ4n) is 0.992. The van der Waals surface area contributed by atoms with E-state index in [1.165, 1.54) is 17.8 Å². The van der Waals surface area contributed by atoms with Gasteiger partial charge in [-0.25, -0.2) is 4.79 Å². The molecule has 0 aliphatic rings. The first-order valence-corrected chi connectivity index (χ1v) is 5.55. The van der Waals surface area contributed by atoms with Gasteiger partial charge in [-0.3, -0.25) is 0 Å². The summed E-state index contributed by atoms with van der Waals surface area (Å²) in [4.78, 5) is 10.5. The van der Waals surface area contributed by atoms with Crippen molar-refractivity contribution >= 4 is 17.7 Å². The molecule has 15 heavy (non-hydrogen) atoms. The Morgan fingerprint density at radius 2 is 2.33 bits per heavy atom. The topological polar surface area (TPSA) is 74.2 Å². The van der Waals surface area contributed by atoms with Crippen LogP contribution < -0.4 is 0 Å². The van der Waals surface area contributed by atoms with Crippen molar-refractivity contribution in [3.8, 4) is 6.07 Å². The highest BCUT2D eigenvalue weighted by molar-refractivity contribution is 7.99. The minimum Gasteiger partial charge on any atom is -0.475 e. The number of nitrogens with zero attached hydrogens (tertiary/aromatic N) is 1. The van der Waals surface area contributed by atoms with Gasteiger partial charge in [0, 0.05) is 12.2 Å². The van der Waals surface area contributed by atoms with Crippen LogP contribution in [0.25, 0.3) is 0 Å². The number of carboxylic acids is 1. The normalized spacial score (nSPS) is 9.80. The summed E-state index contributed by atoms with van der Waals surface area (Å²) in [6, 6.07) is 5.17. The van der Waals surface area contributed by atoms with Crippen molar-refractivity contribution in [1.82, 2.24) is 0 Å². The second-order valence-corrected chi connectivity index (χ2v) is 3.99. The van der Waals surface area contributed by atoms with E-state index in [1.54, 1.807) is 6.07 Å². The lowest BCUT2D eigenvalue weighted by Gasteiger charge is -1.95. The minimum absolute atomic E-state index is 0.0328. The van der Waals surface area contributed by atoms with Gasteiger partial charge in [0.05, 0.1) is 6.07 Å². The van der Waals surface area contributed by atoms with Crippen LogP contribution in [0.3, 0.4) is 0 Å². The number of thioether (sulfide) groups is 1. The van der Waals surface area contributed by atoms with Gasteiger partial charge in [-0.15, -0.1) is 0 Å². The van der Waals surface area contributed by atoms with Gasteiger partial charge >= 0.3 is 5.97 Å². The molecule has 0 bridgehead atoms. The molecule has 5 heteroatoms. The van der Waals surface area contributed by atoms with Gasteiger partial charge in [0.15, 0.2) is 5.09 Å². The Kier molecular flexibility index (Phi) is 4.78. The lowest BCUT2D eigenvalue weighted by atomic mass is 10.3. The predicted molar refractivity (Wildman–Crippen MR) is 55.9 cm³/mol. The van der Waals surface area contributed by atoms with Crippen LogP contribution in [0.5, 0.6) is 0 Å². The minimum atomic E-state index is -1.05. The summed E-state index contributed by atoms with van der Waals surface area (Å²) in [6.45, 7) is 0. The molecule has 1 aromatic heterocycles. The molecule has 0 fully saturated rings. The Hall–Kier alpha value is -1.41. The molecule has 4 nitrogen and oxygen atoms in total. The van der Waals surface area contributed by atoms with Crippen LogP contribution >= 0.6 is 11.8 Å². The smallest absolute Gasteiger partial charge is 0.371 e. The molecule has 0 aliphatic carbocycles. The van der Waals surface area contributed by atoms with E-state index in [9.17, 15) is 4.79 Å². The van der Waals surface area contributed by atoms with E-state index >= 15 is 0 Å². The maximum absolute atomic E-state index is 10.5. The van der Waals surface area contributed by atoms with Crippen molar-refractivity contribution in [2.24, 2.45) is 0 Å². The SMILES string of the molecule is N#CCCCCSc1ccc(C(=O)O)o1. The van der Waals surface area contributed by atoms with Crippen LogP contribution in [0.15, 0.2) is 21.6 Å². The van der Waals surface area contributed by atoms with Crippen LogP contribution in [0, 0.1) is 11.3 Å². The maximum Gasteiger partial charge on any atom is 0.371 e. The van der Waals surface area contributed by atoms with Crippen LogP contribution in [0.1, 0.15) is 29.8 Å². The average molecular weight is 225 g/mol. The maximum atomic E-state index is 10.5. The zero-order valence-electron chi connectivity index (χ0n) is 8.10. The number of unbranched alkanes of at least 4 members (excludes halogenated alkanes) is 2. The molecule has 80 valence electrons. The summed E-state index contributed by atoms with van der Waals surface area (Å²) < 4.78 is 5.05. The molecule has 1 N–H and O–H groups in total. The first-order chi connectivity index (χ1) is 7.24. The second-order valence-electron chi connectivity index (χ2n) is 2.89. The first-order valence-electron chi connectivity index (χ1n) is 4.57. The zero-order valence-corrected chi connectivity index (χ0v) is 8.92. The summed E-state index contributed by atoms with van der Waals surface area (Å²) in [5.41, 5.74) is 0. The summed E-state index contributed by atoms with van der Waals surface area (Å²) in [5.74, 6) is -0.241. The molecule has 0 saturated heterocycles. The van der Waals surface area contributed by atoms with E-state index in [-0.39, 0.29) is 5.76 Å². The molecule has 1 rings (SSSR count). The lowest BCUT2D eigenvalue weighted by Crippen LogP contribution is -1.91. The van der Waals surface area contributed by atoms with Gasteiger partial charge < -0.3 is 9.52 Å². The monoisotopic (exact) mass is 225 g/mol. The third-order valence-electron chi connectivity index (χ3n) is 1.72. The Morgan fingerprint density at radius 1 is 1.53 bits per heavy atom. The van der Waals surface area contributed by atoms with Gasteiger partial charge in [0.25, 0.3) is 0 Å². The molecule has 0 amide bonds. The van der Waals surface area contributed by atoms with Crippen LogP contribution in [-0.2, 0) is 0 Å². The van der Waals surface area contributed by atoms with Gasteiger partial charge in [0.2, 0.25) is 5.76 Å². The molecule has 0 aliphatic heterocycles. The second kappa shape index (κ2) is 6.14. The first kappa shape index (κ1) is 11.7. The summed E-state index contributed by atoms with van der Waals surface area (Å²) in [6.07, 6.45) is 2.37. The van der Waals surface area contributed by atoms with Crippen LogP contribution in [-0.4, -0.2) is 16.8 Å². The van der Waals surface area contributed by atoms with E-state index < -0.39 is 5.97 Å². The summed E-state index contributed by atoms with van der Waals surface area (Å²) in [7, 11) is 0. The molecular formula is C10H11NO3S. The Morgan fingerprint density at radius 3 is 2.93 bits per heavy atom. The van der Waals surface area contributed by atoms with Crippen molar-refractivity contribution in [2.45, 2.75) is 24.4 Å². The largest absolute Gasteiger partial charge is 0.475 e. The van der Waals surface area contributed by atoms with Gasteiger partial charge in [-0.2, -0.15) is 5.26 Å². The Labute approximate surface area is 91.9 Å². The third-order valence-corrected chi connectivity index (χ3v) is 2.72. The summed E-state index contributed by atoms with van der Waals surface area (Å²) in [5, 5.41) is 17.5. The molecule has 1 aromatic rings. The van der Waals surface area contributed by atoms with Gasteiger partial charge in [-0.1, -0.05) is 11.8 Å². The van der Waals surface area contributed by atoms with E-state index in [0.29, 0.717) is 11.5 Å². The number of hydrogen-bond donors (Lipinski definition) is 1. The number of hydrogen-bond acceptors (Lipinski definition) is 4. The number of carboxylic acid groups (broad SMARTS) is 1. The number of carbonyl (C=O) groups is 1. The van der Waals surface area contributed by atoms with E-state index in [0.717, 1.165) is 18.6 Å². The quantitative estimate of drug-likeness (QED) is 0.595. The van der Waals surface area contributed by atoms with Crippen LogP contribution in [0.4, 0.5) is 0 Å².